The number of rotatable bonds is 6. The Morgan fingerprint density at radius 2 is 2.00 bits per heavy atom. The van der Waals surface area contributed by atoms with E-state index < -0.39 is 10.0 Å². The third-order valence-corrected chi connectivity index (χ3v) is 7.86. The van der Waals surface area contributed by atoms with Crippen LogP contribution in [0, 0.1) is 0 Å². The quantitative estimate of drug-likeness (QED) is 0.702. The van der Waals surface area contributed by atoms with Crippen LogP contribution in [0.4, 0.5) is 5.69 Å². The highest BCUT2D eigenvalue weighted by Crippen LogP contribution is 2.41. The van der Waals surface area contributed by atoms with Crippen molar-refractivity contribution in [1.82, 2.24) is 14.5 Å². The summed E-state index contributed by atoms with van der Waals surface area (Å²) < 4.78 is 31.8. The SMILES string of the molecule is C.COC[C@H]1CN[C@H](C)CN1CC(=O)N1CC(C)(C)c2ccc(S(=O)(=O)N(C)C)cc21. The van der Waals surface area contributed by atoms with Crippen LogP contribution in [0.5, 0.6) is 0 Å². The van der Waals surface area contributed by atoms with Gasteiger partial charge in [0.15, 0.2) is 0 Å². The van der Waals surface area contributed by atoms with E-state index in [1.807, 2.05) is 6.07 Å². The van der Waals surface area contributed by atoms with Gasteiger partial charge in [-0.3, -0.25) is 9.69 Å². The zero-order valence-electron chi connectivity index (χ0n) is 18.8. The van der Waals surface area contributed by atoms with Crippen LogP contribution >= 0.6 is 0 Å². The van der Waals surface area contributed by atoms with Crippen molar-refractivity contribution in [2.45, 2.75) is 50.6 Å². The fraction of sp³-hybridized carbons (Fsp3) is 0.682. The van der Waals surface area contributed by atoms with E-state index in [1.165, 1.54) is 18.4 Å². The molecule has 0 unspecified atom stereocenters. The minimum absolute atomic E-state index is 0. The van der Waals surface area contributed by atoms with E-state index in [9.17, 15) is 13.2 Å². The number of nitrogens with zero attached hydrogens (tertiary/aromatic N) is 3. The van der Waals surface area contributed by atoms with Gasteiger partial charge >= 0.3 is 0 Å². The molecule has 0 aromatic heterocycles. The second-order valence-electron chi connectivity index (χ2n) is 9.18. The average Bonchev–Trinajstić information content (AvgIpc) is 2.94. The molecule has 0 aliphatic carbocycles. The number of sulfonamides is 1. The number of hydrogen-bond donors (Lipinski definition) is 1. The lowest BCUT2D eigenvalue weighted by Crippen LogP contribution is -2.59. The Hall–Kier alpha value is -1.52. The van der Waals surface area contributed by atoms with Crippen molar-refractivity contribution in [2.24, 2.45) is 0 Å². The van der Waals surface area contributed by atoms with E-state index in [-0.39, 0.29) is 36.2 Å². The molecule has 0 radical (unpaired) electrons. The summed E-state index contributed by atoms with van der Waals surface area (Å²) in [7, 11) is 1.12. The molecule has 31 heavy (non-hydrogen) atoms. The average molecular weight is 455 g/mol. The first kappa shape index (κ1) is 25.7. The summed E-state index contributed by atoms with van der Waals surface area (Å²) in [5.41, 5.74) is 1.45. The number of carbonyl (C=O) groups excluding carboxylic acids is 1. The molecule has 1 fully saturated rings. The summed E-state index contributed by atoms with van der Waals surface area (Å²) in [6, 6.07) is 5.55. The first-order chi connectivity index (χ1) is 14.0. The third-order valence-electron chi connectivity index (χ3n) is 6.05. The molecule has 0 bridgehead atoms. The van der Waals surface area contributed by atoms with Gasteiger partial charge in [0.2, 0.25) is 15.9 Å². The van der Waals surface area contributed by atoms with Crippen LogP contribution in [0.25, 0.3) is 0 Å². The van der Waals surface area contributed by atoms with Crippen molar-refractivity contribution < 1.29 is 17.9 Å². The highest BCUT2D eigenvalue weighted by atomic mass is 32.2. The summed E-state index contributed by atoms with van der Waals surface area (Å²) >= 11 is 0. The predicted octanol–water partition coefficient (Wildman–Crippen LogP) is 1.51. The molecule has 1 aromatic rings. The Kier molecular flexibility index (Phi) is 7.92. The number of piperazine rings is 1. The molecule has 9 heteroatoms. The van der Waals surface area contributed by atoms with E-state index in [2.05, 4.69) is 31.0 Å². The van der Waals surface area contributed by atoms with Crippen molar-refractivity contribution in [3.63, 3.8) is 0 Å². The van der Waals surface area contributed by atoms with Crippen LogP contribution in [0.2, 0.25) is 0 Å². The van der Waals surface area contributed by atoms with Crippen LogP contribution < -0.4 is 10.2 Å². The fourth-order valence-electron chi connectivity index (χ4n) is 4.31. The lowest BCUT2D eigenvalue weighted by Gasteiger charge is -2.39. The molecule has 2 aliphatic heterocycles. The number of methoxy groups -OCH3 is 1. The number of anilines is 1. The Morgan fingerprint density at radius 1 is 1.32 bits per heavy atom. The van der Waals surface area contributed by atoms with E-state index in [0.717, 1.165) is 18.7 Å². The van der Waals surface area contributed by atoms with Gasteiger partial charge in [0, 0.05) is 64.0 Å². The van der Waals surface area contributed by atoms with E-state index in [1.54, 1.807) is 24.1 Å². The summed E-state index contributed by atoms with van der Waals surface area (Å²) in [5.74, 6) is -0.0172. The number of fused-ring (bicyclic) bond motifs is 1. The maximum atomic E-state index is 13.4. The Bertz CT molecular complexity index is 901. The van der Waals surface area contributed by atoms with Gasteiger partial charge in [0.25, 0.3) is 0 Å². The van der Waals surface area contributed by atoms with Gasteiger partial charge in [-0.05, 0) is 24.6 Å². The highest BCUT2D eigenvalue weighted by molar-refractivity contribution is 7.89. The van der Waals surface area contributed by atoms with E-state index in [0.29, 0.717) is 24.9 Å². The van der Waals surface area contributed by atoms with Gasteiger partial charge in [0.05, 0.1) is 18.0 Å². The van der Waals surface area contributed by atoms with Crippen molar-refractivity contribution >= 4 is 21.6 Å². The number of ether oxygens (including phenoxy) is 1. The van der Waals surface area contributed by atoms with Gasteiger partial charge < -0.3 is 15.0 Å². The van der Waals surface area contributed by atoms with E-state index in [4.69, 9.17) is 4.74 Å². The lowest BCUT2D eigenvalue weighted by molar-refractivity contribution is -0.121. The van der Waals surface area contributed by atoms with Crippen LogP contribution in [0.3, 0.4) is 0 Å². The Labute approximate surface area is 187 Å². The van der Waals surface area contributed by atoms with Crippen molar-refractivity contribution in [3.8, 4) is 0 Å². The molecular formula is C22H38N4O4S. The molecule has 2 atom stereocenters. The molecule has 2 aliphatic rings. The smallest absolute Gasteiger partial charge is 0.242 e. The number of carbonyl (C=O) groups is 1. The minimum Gasteiger partial charge on any atom is -0.383 e. The van der Waals surface area contributed by atoms with Gasteiger partial charge in [-0.15, -0.1) is 0 Å². The van der Waals surface area contributed by atoms with Crippen LogP contribution in [0.1, 0.15) is 33.8 Å². The van der Waals surface area contributed by atoms with Gasteiger partial charge in [0.1, 0.15) is 0 Å². The van der Waals surface area contributed by atoms with Crippen molar-refractivity contribution in [2.75, 3.05) is 58.9 Å². The summed E-state index contributed by atoms with van der Waals surface area (Å²) in [5, 5.41) is 3.44. The molecule has 1 saturated heterocycles. The van der Waals surface area contributed by atoms with Gasteiger partial charge in [-0.2, -0.15) is 0 Å². The molecular weight excluding hydrogens is 416 g/mol. The maximum Gasteiger partial charge on any atom is 0.242 e. The maximum absolute atomic E-state index is 13.4. The first-order valence-electron chi connectivity index (χ1n) is 10.3. The zero-order valence-corrected chi connectivity index (χ0v) is 19.6. The molecule has 1 aromatic carbocycles. The molecule has 3 rings (SSSR count). The number of benzene rings is 1. The molecule has 0 spiro atoms. The number of nitrogens with one attached hydrogen (secondary N) is 1. The van der Waals surface area contributed by atoms with E-state index >= 15 is 0 Å². The summed E-state index contributed by atoms with van der Waals surface area (Å²) in [6.07, 6.45) is 0. The monoisotopic (exact) mass is 454 g/mol. The molecule has 176 valence electrons. The topological polar surface area (TPSA) is 82.2 Å². The Balaban J connectivity index is 0.00000341. The van der Waals surface area contributed by atoms with Crippen LogP contribution in [-0.2, 0) is 25.0 Å². The summed E-state index contributed by atoms with van der Waals surface area (Å²) in [4.78, 5) is 17.5. The first-order valence-corrected chi connectivity index (χ1v) is 11.7. The molecule has 1 amide bonds. The van der Waals surface area contributed by atoms with Crippen molar-refractivity contribution in [1.29, 1.82) is 0 Å². The lowest BCUT2D eigenvalue weighted by atomic mass is 9.87. The minimum atomic E-state index is -3.58. The number of amides is 1. The van der Waals surface area contributed by atoms with Crippen LogP contribution in [0.15, 0.2) is 23.1 Å². The highest BCUT2D eigenvalue weighted by Gasteiger charge is 2.40. The normalized spacial score (nSPS) is 23.5. The third kappa shape index (κ3) is 5.12. The molecule has 2 heterocycles. The largest absolute Gasteiger partial charge is 0.383 e. The van der Waals surface area contributed by atoms with Crippen molar-refractivity contribution in [3.05, 3.63) is 23.8 Å². The number of hydrogen-bond acceptors (Lipinski definition) is 6. The van der Waals surface area contributed by atoms with Gasteiger partial charge in [-0.1, -0.05) is 27.3 Å². The second-order valence-corrected chi connectivity index (χ2v) is 11.3. The molecule has 1 N–H and O–H groups in total. The van der Waals surface area contributed by atoms with Gasteiger partial charge in [-0.25, -0.2) is 12.7 Å². The standard InChI is InChI=1S/C21H34N4O4S.CH4/c1-15-11-24(16(10-22-15)13-29-6)12-20(26)25-14-21(2,3)18-8-7-17(9-19(18)25)30(27,28)23(4)5;/h7-9,15-16,22H,10-14H2,1-6H3;1H4/t15-,16-;/m1./s1. The fourth-order valence-corrected chi connectivity index (χ4v) is 5.23. The molecule has 8 nitrogen and oxygen atoms in total. The molecule has 0 saturated carbocycles. The summed E-state index contributed by atoms with van der Waals surface area (Å²) in [6.45, 7) is 9.17. The second kappa shape index (κ2) is 9.54. The Morgan fingerprint density at radius 3 is 2.61 bits per heavy atom. The zero-order chi connectivity index (χ0) is 22.3. The van der Waals surface area contributed by atoms with Crippen LogP contribution in [-0.4, -0.2) is 89.6 Å². The predicted molar refractivity (Wildman–Crippen MR) is 124 cm³/mol.